The standard InChI is InChI=1S/C13H15NO/c1-3-14-9-12-7-5-4-6-11(12)8-10(2)13(14)15/h3-7,10H,1,8-9H2,2H3/t10-/m1/s1. The second kappa shape index (κ2) is 3.89. The lowest BCUT2D eigenvalue weighted by atomic mass is 9.99. The van der Waals surface area contributed by atoms with Crippen LogP contribution < -0.4 is 0 Å². The monoisotopic (exact) mass is 201 g/mol. The number of fused-ring (bicyclic) bond motifs is 1. The van der Waals surface area contributed by atoms with Crippen LogP contribution in [-0.4, -0.2) is 10.8 Å². The fourth-order valence-corrected chi connectivity index (χ4v) is 2.03. The lowest BCUT2D eigenvalue weighted by molar-refractivity contribution is -0.132. The number of rotatable bonds is 1. The molecule has 0 saturated heterocycles. The van der Waals surface area contributed by atoms with E-state index in [1.807, 2.05) is 19.1 Å². The minimum absolute atomic E-state index is 0.0478. The highest BCUT2D eigenvalue weighted by atomic mass is 16.2. The van der Waals surface area contributed by atoms with E-state index < -0.39 is 0 Å². The van der Waals surface area contributed by atoms with Crippen LogP contribution in [0, 0.1) is 5.92 Å². The summed E-state index contributed by atoms with van der Waals surface area (Å²) in [4.78, 5) is 13.6. The van der Waals surface area contributed by atoms with Gasteiger partial charge in [-0.1, -0.05) is 37.8 Å². The molecule has 1 heterocycles. The number of hydrogen-bond donors (Lipinski definition) is 0. The molecular formula is C13H15NO. The minimum Gasteiger partial charge on any atom is -0.315 e. The molecule has 0 unspecified atom stereocenters. The highest BCUT2D eigenvalue weighted by molar-refractivity contribution is 5.80. The van der Waals surface area contributed by atoms with Gasteiger partial charge in [-0.15, -0.1) is 0 Å². The van der Waals surface area contributed by atoms with Gasteiger partial charge in [0.25, 0.3) is 0 Å². The van der Waals surface area contributed by atoms with Gasteiger partial charge in [0.2, 0.25) is 5.91 Å². The molecule has 0 saturated carbocycles. The third-order valence-corrected chi connectivity index (χ3v) is 2.91. The third kappa shape index (κ3) is 1.80. The van der Waals surface area contributed by atoms with Crippen LogP contribution >= 0.6 is 0 Å². The Labute approximate surface area is 90.2 Å². The Morgan fingerprint density at radius 2 is 2.07 bits per heavy atom. The van der Waals surface area contributed by atoms with Crippen molar-refractivity contribution in [1.82, 2.24) is 4.90 Å². The van der Waals surface area contributed by atoms with Gasteiger partial charge in [0.15, 0.2) is 0 Å². The summed E-state index contributed by atoms with van der Waals surface area (Å²) in [5, 5.41) is 0. The van der Waals surface area contributed by atoms with Crippen LogP contribution in [0.5, 0.6) is 0 Å². The summed E-state index contributed by atoms with van der Waals surface area (Å²) < 4.78 is 0. The molecule has 0 bridgehead atoms. The molecule has 15 heavy (non-hydrogen) atoms. The van der Waals surface area contributed by atoms with Crippen LogP contribution in [0.1, 0.15) is 18.1 Å². The van der Waals surface area contributed by atoms with Gasteiger partial charge in [-0.05, 0) is 23.7 Å². The zero-order valence-corrected chi connectivity index (χ0v) is 8.94. The summed E-state index contributed by atoms with van der Waals surface area (Å²) in [5.41, 5.74) is 2.51. The molecule has 1 aliphatic heterocycles. The quantitative estimate of drug-likeness (QED) is 0.683. The summed E-state index contributed by atoms with van der Waals surface area (Å²) >= 11 is 0. The highest BCUT2D eigenvalue weighted by Gasteiger charge is 2.24. The second-order valence-corrected chi connectivity index (χ2v) is 4.02. The van der Waals surface area contributed by atoms with Crippen molar-refractivity contribution in [3.8, 4) is 0 Å². The molecule has 0 radical (unpaired) electrons. The van der Waals surface area contributed by atoms with Gasteiger partial charge >= 0.3 is 0 Å². The molecule has 1 aromatic carbocycles. The fourth-order valence-electron chi connectivity index (χ4n) is 2.03. The lowest BCUT2D eigenvalue weighted by Crippen LogP contribution is -2.28. The van der Waals surface area contributed by atoms with E-state index in [1.54, 1.807) is 11.1 Å². The van der Waals surface area contributed by atoms with Crippen molar-refractivity contribution in [3.05, 3.63) is 48.2 Å². The zero-order valence-electron chi connectivity index (χ0n) is 8.94. The van der Waals surface area contributed by atoms with Crippen molar-refractivity contribution < 1.29 is 4.79 Å². The number of carbonyl (C=O) groups is 1. The maximum atomic E-state index is 11.9. The molecule has 1 atom stereocenters. The molecule has 0 aromatic heterocycles. The van der Waals surface area contributed by atoms with Gasteiger partial charge in [-0.3, -0.25) is 4.79 Å². The SMILES string of the molecule is C=CN1Cc2ccccc2C[C@@H](C)C1=O. The van der Waals surface area contributed by atoms with Crippen molar-refractivity contribution >= 4 is 5.91 Å². The van der Waals surface area contributed by atoms with Gasteiger partial charge in [0.05, 0.1) is 6.54 Å². The van der Waals surface area contributed by atoms with Crippen LogP contribution in [0.4, 0.5) is 0 Å². The van der Waals surface area contributed by atoms with Gasteiger partial charge in [0, 0.05) is 5.92 Å². The first-order chi connectivity index (χ1) is 7.22. The first kappa shape index (κ1) is 9.97. The Morgan fingerprint density at radius 1 is 1.40 bits per heavy atom. The van der Waals surface area contributed by atoms with E-state index in [2.05, 4.69) is 18.7 Å². The summed E-state index contributed by atoms with van der Waals surface area (Å²) in [7, 11) is 0. The van der Waals surface area contributed by atoms with Crippen LogP contribution in [0.25, 0.3) is 0 Å². The van der Waals surface area contributed by atoms with Gasteiger partial charge in [0.1, 0.15) is 0 Å². The van der Waals surface area contributed by atoms with E-state index in [9.17, 15) is 4.79 Å². The molecule has 2 rings (SSSR count). The van der Waals surface area contributed by atoms with Crippen LogP contribution in [0.2, 0.25) is 0 Å². The van der Waals surface area contributed by atoms with E-state index >= 15 is 0 Å². The van der Waals surface area contributed by atoms with E-state index in [0.717, 1.165) is 6.42 Å². The molecule has 78 valence electrons. The maximum Gasteiger partial charge on any atom is 0.229 e. The van der Waals surface area contributed by atoms with Gasteiger partial charge in [-0.25, -0.2) is 0 Å². The molecule has 1 aliphatic rings. The molecule has 2 nitrogen and oxygen atoms in total. The van der Waals surface area contributed by atoms with Crippen molar-refractivity contribution in [3.63, 3.8) is 0 Å². The maximum absolute atomic E-state index is 11.9. The molecule has 0 fully saturated rings. The van der Waals surface area contributed by atoms with Gasteiger partial charge in [-0.2, -0.15) is 0 Å². The Morgan fingerprint density at radius 3 is 2.73 bits per heavy atom. The topological polar surface area (TPSA) is 20.3 Å². The van der Waals surface area contributed by atoms with E-state index in [1.165, 1.54) is 11.1 Å². The second-order valence-electron chi connectivity index (χ2n) is 4.02. The summed E-state index contributed by atoms with van der Waals surface area (Å²) in [6.07, 6.45) is 2.46. The van der Waals surface area contributed by atoms with Crippen molar-refractivity contribution in [2.24, 2.45) is 5.92 Å². The Hall–Kier alpha value is -1.57. The first-order valence-electron chi connectivity index (χ1n) is 5.22. The van der Waals surface area contributed by atoms with Crippen LogP contribution in [0.3, 0.4) is 0 Å². The van der Waals surface area contributed by atoms with Crippen molar-refractivity contribution in [2.45, 2.75) is 19.9 Å². The average Bonchev–Trinajstić information content (AvgIpc) is 2.37. The number of amides is 1. The largest absolute Gasteiger partial charge is 0.315 e. The number of carbonyl (C=O) groups excluding carboxylic acids is 1. The van der Waals surface area contributed by atoms with Crippen molar-refractivity contribution in [1.29, 1.82) is 0 Å². The summed E-state index contributed by atoms with van der Waals surface area (Å²) in [6.45, 7) is 6.32. The van der Waals surface area contributed by atoms with Crippen molar-refractivity contribution in [2.75, 3.05) is 0 Å². The summed E-state index contributed by atoms with van der Waals surface area (Å²) in [6, 6.07) is 8.23. The first-order valence-corrected chi connectivity index (χ1v) is 5.22. The molecule has 0 N–H and O–H groups in total. The predicted octanol–water partition coefficient (Wildman–Crippen LogP) is 2.35. The smallest absolute Gasteiger partial charge is 0.229 e. The van der Waals surface area contributed by atoms with Gasteiger partial charge < -0.3 is 4.90 Å². The molecule has 1 amide bonds. The molecule has 1 aromatic rings. The Kier molecular flexibility index (Phi) is 2.58. The fraction of sp³-hybridized carbons (Fsp3) is 0.308. The third-order valence-electron chi connectivity index (χ3n) is 2.91. The Bertz CT molecular complexity index is 397. The van der Waals surface area contributed by atoms with E-state index in [-0.39, 0.29) is 11.8 Å². The average molecular weight is 201 g/mol. The Balaban J connectivity index is 2.41. The summed E-state index contributed by atoms with van der Waals surface area (Å²) in [5.74, 6) is 0.216. The normalized spacial score (nSPS) is 20.7. The highest BCUT2D eigenvalue weighted by Crippen LogP contribution is 2.22. The lowest BCUT2D eigenvalue weighted by Gasteiger charge is -2.17. The van der Waals surface area contributed by atoms with E-state index in [4.69, 9.17) is 0 Å². The number of hydrogen-bond acceptors (Lipinski definition) is 1. The molecular weight excluding hydrogens is 186 g/mol. The molecule has 0 spiro atoms. The molecule has 2 heteroatoms. The zero-order chi connectivity index (χ0) is 10.8. The minimum atomic E-state index is 0.0478. The van der Waals surface area contributed by atoms with E-state index in [0.29, 0.717) is 6.54 Å². The van der Waals surface area contributed by atoms with Crippen LogP contribution in [-0.2, 0) is 17.8 Å². The number of benzene rings is 1. The number of nitrogens with zero attached hydrogens (tertiary/aromatic N) is 1. The molecule has 0 aliphatic carbocycles. The predicted molar refractivity (Wildman–Crippen MR) is 60.1 cm³/mol. The van der Waals surface area contributed by atoms with Crippen LogP contribution in [0.15, 0.2) is 37.0 Å².